The van der Waals surface area contributed by atoms with Crippen LogP contribution < -0.4 is 0 Å². The summed E-state index contributed by atoms with van der Waals surface area (Å²) in [7, 11) is -10.6. The maximum atomic E-state index is 10.4. The topological polar surface area (TPSA) is 75.3 Å². The third-order valence-electron chi connectivity index (χ3n) is 3.96. The Morgan fingerprint density at radius 2 is 1.16 bits per heavy atom. The van der Waals surface area contributed by atoms with Crippen LogP contribution in [0.2, 0.25) is 78.1 Å². The standard InChI is InChI=1S/C19H49O7Si5/c1-19(18-21-16-14-20)22-15-13-17-28(5,6)24-30(9,10)26-31(11,12)25-29(7,8)23-27(2,3)4/h19H,13-18H2,1-12H3. The van der Waals surface area contributed by atoms with Crippen LogP contribution in [-0.4, -0.2) is 74.8 Å². The van der Waals surface area contributed by atoms with Gasteiger partial charge in [-0.3, -0.25) is 0 Å². The van der Waals surface area contributed by atoms with Crippen molar-refractivity contribution in [3.05, 3.63) is 0 Å². The fourth-order valence-electron chi connectivity index (χ4n) is 3.84. The fraction of sp³-hybridized carbons (Fsp3) is 1.00. The van der Waals surface area contributed by atoms with Gasteiger partial charge in [0, 0.05) is 6.61 Å². The monoisotopic (exact) mass is 529 g/mol. The van der Waals surface area contributed by atoms with Gasteiger partial charge in [-0.05, 0) is 91.4 Å². The molecule has 0 fully saturated rings. The van der Waals surface area contributed by atoms with Crippen LogP contribution in [0.5, 0.6) is 0 Å². The normalized spacial score (nSPS) is 15.4. The molecule has 0 aliphatic heterocycles. The first kappa shape index (κ1) is 31.8. The highest BCUT2D eigenvalue weighted by Gasteiger charge is 2.45. The highest BCUT2D eigenvalue weighted by atomic mass is 28.5. The summed E-state index contributed by atoms with van der Waals surface area (Å²) in [4.78, 5) is 0. The summed E-state index contributed by atoms with van der Waals surface area (Å²) in [5.74, 6) is 0. The molecule has 0 heterocycles. The van der Waals surface area contributed by atoms with Gasteiger partial charge in [0.2, 0.25) is 0 Å². The lowest BCUT2D eigenvalue weighted by Crippen LogP contribution is -2.58. The second kappa shape index (κ2) is 13.0. The van der Waals surface area contributed by atoms with Crippen molar-refractivity contribution in [2.24, 2.45) is 0 Å². The van der Waals surface area contributed by atoms with Crippen molar-refractivity contribution in [1.82, 2.24) is 0 Å². The zero-order valence-corrected chi connectivity index (χ0v) is 27.2. The predicted molar refractivity (Wildman–Crippen MR) is 139 cm³/mol. The van der Waals surface area contributed by atoms with Crippen LogP contribution in [0.4, 0.5) is 0 Å². The van der Waals surface area contributed by atoms with E-state index in [1.165, 1.54) is 0 Å². The lowest BCUT2D eigenvalue weighted by atomic mass is 10.4. The minimum Gasteiger partial charge on any atom is -0.437 e. The molecule has 0 spiro atoms. The maximum absolute atomic E-state index is 10.4. The van der Waals surface area contributed by atoms with E-state index in [2.05, 4.69) is 72.0 Å². The Hall–Kier alpha value is 0.804. The van der Waals surface area contributed by atoms with Gasteiger partial charge in [-0.25, -0.2) is 5.11 Å². The van der Waals surface area contributed by atoms with Gasteiger partial charge >= 0.3 is 25.7 Å². The van der Waals surface area contributed by atoms with Gasteiger partial charge in [0.15, 0.2) is 16.6 Å². The molecule has 1 atom stereocenters. The van der Waals surface area contributed by atoms with Gasteiger partial charge in [0.1, 0.15) is 6.61 Å². The molecule has 7 nitrogen and oxygen atoms in total. The minimum absolute atomic E-state index is 0.00115. The van der Waals surface area contributed by atoms with Gasteiger partial charge in [-0.2, -0.15) is 0 Å². The number of rotatable bonds is 17. The number of ether oxygens (including phenoxy) is 2. The number of hydrogen-bond acceptors (Lipinski definition) is 6. The summed E-state index contributed by atoms with van der Waals surface area (Å²) < 4.78 is 37.1. The molecule has 0 aromatic rings. The lowest BCUT2D eigenvalue weighted by Gasteiger charge is -2.42. The van der Waals surface area contributed by atoms with E-state index in [1.807, 2.05) is 6.92 Å². The molecule has 0 aromatic carbocycles. The van der Waals surface area contributed by atoms with Crippen LogP contribution in [0.3, 0.4) is 0 Å². The molecular formula is C19H49O7Si5. The Morgan fingerprint density at radius 3 is 1.65 bits per heavy atom. The Kier molecular flexibility index (Phi) is 13.4. The number of hydrogen-bond donors (Lipinski definition) is 0. The Labute approximate surface area is 197 Å². The molecule has 0 bridgehead atoms. The summed E-state index contributed by atoms with van der Waals surface area (Å²) in [6.45, 7) is 26.9. The second-order valence-corrected chi connectivity index (χ2v) is 31.0. The van der Waals surface area contributed by atoms with Gasteiger partial charge in [-0.1, -0.05) is 0 Å². The zero-order chi connectivity index (χ0) is 24.6. The van der Waals surface area contributed by atoms with Crippen LogP contribution in [0, 0.1) is 0 Å². The summed E-state index contributed by atoms with van der Waals surface area (Å²) in [5.41, 5.74) is 0. The van der Waals surface area contributed by atoms with E-state index in [1.54, 1.807) is 0 Å². The molecule has 12 heteroatoms. The third kappa shape index (κ3) is 17.9. The molecule has 0 aromatic heterocycles. The van der Waals surface area contributed by atoms with E-state index >= 15 is 0 Å². The molecule has 0 saturated heterocycles. The highest BCUT2D eigenvalue weighted by Crippen LogP contribution is 2.27. The first-order chi connectivity index (χ1) is 13.8. The molecule has 0 saturated carbocycles. The van der Waals surface area contributed by atoms with E-state index in [-0.39, 0.29) is 19.3 Å². The van der Waals surface area contributed by atoms with Crippen LogP contribution in [-0.2, 0) is 31.0 Å². The average molecular weight is 530 g/mol. The smallest absolute Gasteiger partial charge is 0.314 e. The van der Waals surface area contributed by atoms with Crippen molar-refractivity contribution in [3.8, 4) is 0 Å². The molecule has 0 aliphatic rings. The Bertz CT molecular complexity index is 510. The van der Waals surface area contributed by atoms with E-state index in [0.29, 0.717) is 13.2 Å². The lowest BCUT2D eigenvalue weighted by molar-refractivity contribution is -0.0206. The predicted octanol–water partition coefficient (Wildman–Crippen LogP) is 5.44. The Morgan fingerprint density at radius 1 is 0.677 bits per heavy atom. The van der Waals surface area contributed by atoms with Crippen molar-refractivity contribution in [2.45, 2.75) is 97.5 Å². The van der Waals surface area contributed by atoms with E-state index < -0.39 is 42.3 Å². The molecule has 0 amide bonds. The largest absolute Gasteiger partial charge is 0.437 e. The third-order valence-corrected chi connectivity index (χ3v) is 22.0. The quantitative estimate of drug-likeness (QED) is 0.184. The van der Waals surface area contributed by atoms with Crippen molar-refractivity contribution in [3.63, 3.8) is 0 Å². The molecule has 1 unspecified atom stereocenters. The van der Waals surface area contributed by atoms with Gasteiger partial charge in [0.05, 0.1) is 19.3 Å². The van der Waals surface area contributed by atoms with Gasteiger partial charge < -0.3 is 25.9 Å². The zero-order valence-electron chi connectivity index (χ0n) is 22.2. The van der Waals surface area contributed by atoms with E-state index in [9.17, 15) is 5.11 Å². The molecular weight excluding hydrogens is 481 g/mol. The SMILES string of the molecule is CC(COCC[O])OCCC[Si](C)(C)O[Si](C)(C)O[Si](C)(C)O[Si](C)(C)O[Si](C)(C)C. The summed E-state index contributed by atoms with van der Waals surface area (Å²) in [5, 5.41) is 10.4. The molecule has 187 valence electrons. The second-order valence-electron chi connectivity index (χ2n) is 11.0. The molecule has 0 aliphatic carbocycles. The van der Waals surface area contributed by atoms with Crippen LogP contribution in [0.25, 0.3) is 0 Å². The van der Waals surface area contributed by atoms with Crippen LogP contribution >= 0.6 is 0 Å². The van der Waals surface area contributed by atoms with E-state index in [0.717, 1.165) is 12.5 Å². The summed E-state index contributed by atoms with van der Waals surface area (Å²) >= 11 is 0. The Balaban J connectivity index is 4.59. The molecule has 1 radical (unpaired) electrons. The van der Waals surface area contributed by atoms with Crippen molar-refractivity contribution in [1.29, 1.82) is 0 Å². The first-order valence-electron chi connectivity index (χ1n) is 11.4. The fourth-order valence-corrected chi connectivity index (χ4v) is 27.6. The molecule has 0 rings (SSSR count). The van der Waals surface area contributed by atoms with Gasteiger partial charge in [-0.15, -0.1) is 0 Å². The van der Waals surface area contributed by atoms with Gasteiger partial charge in [0.25, 0.3) is 0 Å². The van der Waals surface area contributed by atoms with E-state index in [4.69, 9.17) is 25.9 Å². The first-order valence-corrected chi connectivity index (χ1v) is 26.3. The van der Waals surface area contributed by atoms with Crippen molar-refractivity contribution >= 4 is 42.3 Å². The molecule has 0 N–H and O–H groups in total. The van der Waals surface area contributed by atoms with Crippen LogP contribution in [0.15, 0.2) is 0 Å². The van der Waals surface area contributed by atoms with Crippen molar-refractivity contribution in [2.75, 3.05) is 26.4 Å². The minimum atomic E-state index is -2.39. The average Bonchev–Trinajstić information content (AvgIpc) is 2.45. The maximum Gasteiger partial charge on any atom is 0.314 e. The summed E-state index contributed by atoms with van der Waals surface area (Å²) in [6.07, 6.45) is 0.943. The molecule has 31 heavy (non-hydrogen) atoms. The van der Waals surface area contributed by atoms with Crippen molar-refractivity contribution < 1.29 is 31.0 Å². The summed E-state index contributed by atoms with van der Waals surface area (Å²) in [6, 6.07) is 1.00. The highest BCUT2D eigenvalue weighted by molar-refractivity contribution is 6.90. The van der Waals surface area contributed by atoms with Crippen LogP contribution in [0.1, 0.15) is 13.3 Å².